The highest BCUT2D eigenvalue weighted by Gasteiger charge is 2.58. The summed E-state index contributed by atoms with van der Waals surface area (Å²) in [6, 6.07) is 11.8. The maximum atomic E-state index is 14.7. The number of carbonyl (C=O) groups is 5. The smallest absolute Gasteiger partial charge is 0.408 e. The molecule has 3 N–H and O–H groups in total. The first kappa shape index (κ1) is 50.9. The van der Waals surface area contributed by atoms with Gasteiger partial charge in [-0.2, -0.15) is 0 Å². The van der Waals surface area contributed by atoms with Gasteiger partial charge in [0, 0.05) is 54.3 Å². The summed E-state index contributed by atoms with van der Waals surface area (Å²) in [4.78, 5) is 80.9. The SMILES string of the molecule is CC[C@H]1OC(=O)[C@H](C)[C@@H](OC(=O)Cc2cccnc2)[C@H](C)[C@@H](O[C@@H]2O[C@H](C)C[C@H](N(C)C)[C@H]2O)[C@](C)(OC(=O)NC/C=C/c2cnc3ccccc3c2)C[C@@H](C)C(=O)[C@H](C)[C@H]2NC(=O)O[C@@]21C. The van der Waals surface area contributed by atoms with Crippen LogP contribution in [0.4, 0.5) is 9.59 Å². The summed E-state index contributed by atoms with van der Waals surface area (Å²) in [6.45, 7) is 13.5. The number of fused-ring (bicyclic) bond motifs is 2. The van der Waals surface area contributed by atoms with Gasteiger partial charge in [0.05, 0.1) is 30.0 Å². The van der Waals surface area contributed by atoms with Crippen molar-refractivity contribution in [3.8, 4) is 0 Å². The minimum atomic E-state index is -1.77. The van der Waals surface area contributed by atoms with Crippen LogP contribution in [0.3, 0.4) is 0 Å². The normalized spacial score (nSPS) is 34.1. The van der Waals surface area contributed by atoms with Gasteiger partial charge in [0.25, 0.3) is 0 Å². The predicted octanol–water partition coefficient (Wildman–Crippen LogP) is 5.80. The van der Waals surface area contributed by atoms with E-state index < -0.39 is 102 Å². The molecule has 5 heterocycles. The molecule has 3 aromatic rings. The Labute approximate surface area is 392 Å². The third kappa shape index (κ3) is 11.8. The first-order chi connectivity index (χ1) is 31.7. The fourth-order valence-electron chi connectivity index (χ4n) is 10.1. The number of aromatic nitrogens is 2. The standard InChI is InChI=1S/C50H67N5O12/c1-11-38-50(8)43(54-48(61)67-50)30(4)40(57)28(2)25-49(7,66-47(60)52-21-15-17-33-23-35-18-12-13-19-36(35)53-27-33)44(65-46-41(58)37(55(9)10)22-29(3)62-46)31(5)42(32(6)45(59)63-38)64-39(56)24-34-16-14-20-51-26-34/h12-20,23,26-32,37-38,41-44,46,58H,11,21-22,24-25H2,1-10H3,(H,52,60)(H,54,61)/b17-15+/t28-,29-,30+,31+,32-,37+,38-,41-,42+,43-,44-,46+,49-,50-/m1/s1. The number of likely N-dealkylation sites (N-methyl/N-ethyl adjacent to an activating group) is 1. The second-order valence-electron chi connectivity index (χ2n) is 19.0. The van der Waals surface area contributed by atoms with E-state index in [0.29, 0.717) is 12.0 Å². The van der Waals surface area contributed by atoms with Gasteiger partial charge in [-0.15, -0.1) is 0 Å². The number of carbonyl (C=O) groups excluding carboxylic acids is 5. The zero-order chi connectivity index (χ0) is 48.8. The van der Waals surface area contributed by atoms with Gasteiger partial charge >= 0.3 is 24.1 Å². The van der Waals surface area contributed by atoms with Crippen molar-refractivity contribution in [1.29, 1.82) is 0 Å². The molecular weight excluding hydrogens is 863 g/mol. The van der Waals surface area contributed by atoms with E-state index in [4.69, 9.17) is 28.4 Å². The lowest BCUT2D eigenvalue weighted by molar-refractivity contribution is -0.298. The summed E-state index contributed by atoms with van der Waals surface area (Å²) in [5.74, 6) is -5.76. The highest BCUT2D eigenvalue weighted by molar-refractivity contribution is 5.85. The molecule has 0 saturated carbocycles. The number of hydrogen-bond acceptors (Lipinski definition) is 15. The second-order valence-corrected chi connectivity index (χ2v) is 19.0. The van der Waals surface area contributed by atoms with Crippen LogP contribution in [0.15, 0.2) is 67.1 Å². The van der Waals surface area contributed by atoms with E-state index in [-0.39, 0.29) is 37.7 Å². The average Bonchev–Trinajstić information content (AvgIpc) is 3.61. The summed E-state index contributed by atoms with van der Waals surface area (Å²) in [5.41, 5.74) is -1.03. The van der Waals surface area contributed by atoms with Crippen LogP contribution in [0, 0.1) is 23.7 Å². The second kappa shape index (κ2) is 21.6. The number of ketones is 1. The molecule has 17 nitrogen and oxygen atoms in total. The molecule has 67 heavy (non-hydrogen) atoms. The van der Waals surface area contributed by atoms with Gasteiger partial charge in [-0.1, -0.05) is 64.1 Å². The number of rotatable bonds is 11. The fraction of sp³-hybridized carbons (Fsp3) is 0.580. The molecule has 17 heteroatoms. The molecule has 3 aliphatic heterocycles. The molecule has 14 atom stereocenters. The molecule has 3 fully saturated rings. The number of hydrogen-bond donors (Lipinski definition) is 3. The number of alkyl carbamates (subject to hydrolysis) is 2. The van der Waals surface area contributed by atoms with Crippen molar-refractivity contribution in [3.05, 3.63) is 78.3 Å². The number of esters is 2. The van der Waals surface area contributed by atoms with Crippen molar-refractivity contribution in [2.75, 3.05) is 20.6 Å². The maximum absolute atomic E-state index is 14.7. The van der Waals surface area contributed by atoms with Crippen molar-refractivity contribution in [2.45, 2.75) is 141 Å². The van der Waals surface area contributed by atoms with E-state index in [0.717, 1.165) is 16.5 Å². The number of nitrogens with one attached hydrogen (secondary N) is 2. The minimum absolute atomic E-state index is 0.0385. The summed E-state index contributed by atoms with van der Waals surface area (Å²) < 4.78 is 38.0. The lowest BCUT2D eigenvalue weighted by Gasteiger charge is -2.48. The molecule has 0 unspecified atom stereocenters. The van der Waals surface area contributed by atoms with E-state index >= 15 is 0 Å². The van der Waals surface area contributed by atoms with Crippen LogP contribution in [0.1, 0.15) is 85.8 Å². The molecular formula is C50H67N5O12. The van der Waals surface area contributed by atoms with Crippen LogP contribution < -0.4 is 10.6 Å². The Morgan fingerprint density at radius 2 is 1.78 bits per heavy atom. The van der Waals surface area contributed by atoms with E-state index in [1.165, 1.54) is 6.20 Å². The summed E-state index contributed by atoms with van der Waals surface area (Å²) >= 11 is 0. The number of amides is 2. The van der Waals surface area contributed by atoms with Crippen LogP contribution in [0.25, 0.3) is 17.0 Å². The van der Waals surface area contributed by atoms with Gasteiger partial charge in [-0.05, 0) is 90.4 Å². The molecule has 364 valence electrons. The summed E-state index contributed by atoms with van der Waals surface area (Å²) in [5, 5.41) is 18.4. The summed E-state index contributed by atoms with van der Waals surface area (Å²) in [7, 11) is 3.67. The first-order valence-corrected chi connectivity index (χ1v) is 23.2. The maximum Gasteiger partial charge on any atom is 0.408 e. The molecule has 3 aliphatic rings. The number of cyclic esters (lactones) is 1. The molecule has 2 amide bonds. The van der Waals surface area contributed by atoms with Crippen LogP contribution in [-0.4, -0.2) is 131 Å². The van der Waals surface area contributed by atoms with Gasteiger partial charge in [-0.25, -0.2) is 9.59 Å². The molecule has 1 aromatic carbocycles. The van der Waals surface area contributed by atoms with Crippen LogP contribution in [0.2, 0.25) is 0 Å². The minimum Gasteiger partial charge on any atom is -0.461 e. The van der Waals surface area contributed by atoms with Gasteiger partial charge in [0.1, 0.15) is 35.8 Å². The van der Waals surface area contributed by atoms with Gasteiger partial charge in [0.15, 0.2) is 11.9 Å². The number of nitrogens with zero attached hydrogens (tertiary/aromatic N) is 3. The third-order valence-corrected chi connectivity index (χ3v) is 13.6. The Morgan fingerprint density at radius 3 is 2.48 bits per heavy atom. The molecule has 0 aliphatic carbocycles. The zero-order valence-electron chi connectivity index (χ0n) is 40.2. The van der Waals surface area contributed by atoms with E-state index in [1.807, 2.05) is 62.3 Å². The molecule has 2 aromatic heterocycles. The highest BCUT2D eigenvalue weighted by Crippen LogP contribution is 2.42. The topological polar surface area (TPSA) is 214 Å². The molecule has 0 bridgehead atoms. The van der Waals surface area contributed by atoms with Gasteiger partial charge in [0.2, 0.25) is 0 Å². The lowest BCUT2D eigenvalue weighted by atomic mass is 9.73. The molecule has 6 rings (SSSR count). The molecule has 0 radical (unpaired) electrons. The van der Waals surface area contributed by atoms with Crippen molar-refractivity contribution < 1.29 is 57.5 Å². The fourth-order valence-corrected chi connectivity index (χ4v) is 10.1. The number of aliphatic hydroxyl groups is 1. The Hall–Kier alpha value is -5.49. The number of benzene rings is 1. The number of aliphatic hydroxyl groups excluding tert-OH is 1. The van der Waals surface area contributed by atoms with Crippen LogP contribution in [-0.2, 0) is 49.2 Å². The Morgan fingerprint density at radius 1 is 1.03 bits per heavy atom. The quantitative estimate of drug-likeness (QED) is 0.153. The number of Topliss-reactive ketones (excluding diaryl/α,β-unsaturated/α-hetero) is 1. The van der Waals surface area contributed by atoms with Crippen LogP contribution in [0.5, 0.6) is 0 Å². The van der Waals surface area contributed by atoms with Crippen molar-refractivity contribution in [1.82, 2.24) is 25.5 Å². The van der Waals surface area contributed by atoms with E-state index in [9.17, 15) is 29.1 Å². The Kier molecular flexibility index (Phi) is 16.4. The van der Waals surface area contributed by atoms with Crippen LogP contribution >= 0.6 is 0 Å². The lowest BCUT2D eigenvalue weighted by Crippen LogP contribution is -2.61. The first-order valence-electron chi connectivity index (χ1n) is 23.2. The number of para-hydroxylation sites is 1. The van der Waals surface area contributed by atoms with Gasteiger partial charge < -0.3 is 49.1 Å². The van der Waals surface area contributed by atoms with E-state index in [2.05, 4.69) is 20.6 Å². The summed E-state index contributed by atoms with van der Waals surface area (Å²) in [6.07, 6.45) is 0.516. The van der Waals surface area contributed by atoms with Crippen molar-refractivity contribution in [2.24, 2.45) is 23.7 Å². The number of pyridine rings is 2. The molecule has 0 spiro atoms. The third-order valence-electron chi connectivity index (χ3n) is 13.6. The largest absolute Gasteiger partial charge is 0.461 e. The molecule has 3 saturated heterocycles. The van der Waals surface area contributed by atoms with E-state index in [1.54, 1.807) is 79.1 Å². The Bertz CT molecular complexity index is 2260. The van der Waals surface area contributed by atoms with Crippen molar-refractivity contribution in [3.63, 3.8) is 0 Å². The predicted molar refractivity (Wildman–Crippen MR) is 247 cm³/mol. The highest BCUT2D eigenvalue weighted by atomic mass is 16.7. The number of ether oxygens (including phenoxy) is 6. The van der Waals surface area contributed by atoms with Gasteiger partial charge in [-0.3, -0.25) is 24.4 Å². The Balaban J connectivity index is 1.42. The monoisotopic (exact) mass is 929 g/mol. The average molecular weight is 930 g/mol. The zero-order valence-corrected chi connectivity index (χ0v) is 40.2. The van der Waals surface area contributed by atoms with Crippen molar-refractivity contribution >= 4 is 46.9 Å².